The molecular weight excluding hydrogens is 239 g/mol. The standard InChI is InChI=1S/C16H21FN2/c1-11-9-19-15-13(11)7-12(8-14(15)17)16(10-18)5-3-2-4-6-16/h7-9,19H,2-6,10,18H2,1H3. The van der Waals surface area contributed by atoms with Crippen molar-refractivity contribution in [2.24, 2.45) is 5.73 Å². The van der Waals surface area contributed by atoms with Crippen LogP contribution in [0, 0.1) is 12.7 Å². The molecule has 3 N–H and O–H groups in total. The van der Waals surface area contributed by atoms with Crippen molar-refractivity contribution in [3.05, 3.63) is 35.3 Å². The van der Waals surface area contributed by atoms with Crippen LogP contribution in [0.4, 0.5) is 4.39 Å². The third-order valence-corrected chi connectivity index (χ3v) is 4.76. The third-order valence-electron chi connectivity index (χ3n) is 4.76. The molecule has 0 aliphatic heterocycles. The van der Waals surface area contributed by atoms with Gasteiger partial charge in [0.05, 0.1) is 5.52 Å². The Hall–Kier alpha value is -1.35. The summed E-state index contributed by atoms with van der Waals surface area (Å²) in [5.41, 5.74) is 8.83. The molecule has 0 saturated heterocycles. The van der Waals surface area contributed by atoms with Crippen LogP contribution >= 0.6 is 0 Å². The van der Waals surface area contributed by atoms with Crippen LogP contribution in [0.5, 0.6) is 0 Å². The first kappa shape index (κ1) is 12.7. The van der Waals surface area contributed by atoms with Crippen molar-refractivity contribution in [1.82, 2.24) is 4.98 Å². The summed E-state index contributed by atoms with van der Waals surface area (Å²) in [4.78, 5) is 3.01. The molecule has 0 spiro atoms. The van der Waals surface area contributed by atoms with E-state index in [0.717, 1.165) is 29.4 Å². The topological polar surface area (TPSA) is 41.8 Å². The molecule has 102 valence electrons. The second kappa shape index (κ2) is 4.64. The van der Waals surface area contributed by atoms with Gasteiger partial charge in [-0.05, 0) is 43.0 Å². The minimum Gasteiger partial charge on any atom is -0.359 e. The van der Waals surface area contributed by atoms with Crippen molar-refractivity contribution in [3.8, 4) is 0 Å². The van der Waals surface area contributed by atoms with Crippen LogP contribution in [0.2, 0.25) is 0 Å². The number of aromatic nitrogens is 1. The highest BCUT2D eigenvalue weighted by molar-refractivity contribution is 5.84. The predicted octanol–water partition coefficient (Wildman–Crippen LogP) is 3.78. The van der Waals surface area contributed by atoms with E-state index in [4.69, 9.17) is 5.73 Å². The van der Waals surface area contributed by atoms with Gasteiger partial charge in [-0.3, -0.25) is 0 Å². The maximum absolute atomic E-state index is 14.2. The van der Waals surface area contributed by atoms with Gasteiger partial charge in [-0.2, -0.15) is 0 Å². The molecule has 2 nitrogen and oxygen atoms in total. The first-order valence-electron chi connectivity index (χ1n) is 7.14. The summed E-state index contributed by atoms with van der Waals surface area (Å²) in [6.07, 6.45) is 7.70. The number of H-pyrrole nitrogens is 1. The van der Waals surface area contributed by atoms with E-state index in [-0.39, 0.29) is 11.2 Å². The van der Waals surface area contributed by atoms with Gasteiger partial charge in [0.2, 0.25) is 0 Å². The van der Waals surface area contributed by atoms with Crippen molar-refractivity contribution in [2.45, 2.75) is 44.4 Å². The maximum atomic E-state index is 14.2. The van der Waals surface area contributed by atoms with E-state index in [0.29, 0.717) is 12.1 Å². The SMILES string of the molecule is Cc1c[nH]c2c(F)cc(C3(CN)CCCCC3)cc12. The highest BCUT2D eigenvalue weighted by Gasteiger charge is 2.33. The van der Waals surface area contributed by atoms with Gasteiger partial charge in [-0.15, -0.1) is 0 Å². The first-order chi connectivity index (χ1) is 9.16. The molecule has 1 fully saturated rings. The van der Waals surface area contributed by atoms with E-state index < -0.39 is 0 Å². The summed E-state index contributed by atoms with van der Waals surface area (Å²) in [5, 5.41) is 0.994. The van der Waals surface area contributed by atoms with Crippen LogP contribution in [0.3, 0.4) is 0 Å². The third kappa shape index (κ3) is 1.96. The van der Waals surface area contributed by atoms with Crippen LogP contribution in [-0.4, -0.2) is 11.5 Å². The van der Waals surface area contributed by atoms with Gasteiger partial charge in [-0.25, -0.2) is 4.39 Å². The molecule has 3 rings (SSSR count). The van der Waals surface area contributed by atoms with E-state index >= 15 is 0 Å². The average molecular weight is 260 g/mol. The summed E-state index contributed by atoms with van der Waals surface area (Å²) in [6, 6.07) is 3.83. The Labute approximate surface area is 113 Å². The molecule has 3 heteroatoms. The Morgan fingerprint density at radius 3 is 2.68 bits per heavy atom. The van der Waals surface area contributed by atoms with Crippen LogP contribution in [0.25, 0.3) is 10.9 Å². The second-order valence-electron chi connectivity index (χ2n) is 5.90. The summed E-state index contributed by atoms with van der Waals surface area (Å²) in [5.74, 6) is -0.154. The van der Waals surface area contributed by atoms with Crippen molar-refractivity contribution >= 4 is 10.9 Å². The van der Waals surface area contributed by atoms with Crippen LogP contribution in [-0.2, 0) is 5.41 Å². The van der Waals surface area contributed by atoms with Crippen molar-refractivity contribution < 1.29 is 4.39 Å². The second-order valence-corrected chi connectivity index (χ2v) is 5.90. The minimum absolute atomic E-state index is 0.0169. The highest BCUT2D eigenvalue weighted by Crippen LogP contribution is 2.40. The summed E-state index contributed by atoms with van der Waals surface area (Å²) < 4.78 is 14.2. The molecule has 0 radical (unpaired) electrons. The van der Waals surface area contributed by atoms with Gasteiger partial charge >= 0.3 is 0 Å². The number of halogens is 1. The smallest absolute Gasteiger partial charge is 0.147 e. The number of rotatable bonds is 2. The van der Waals surface area contributed by atoms with Crippen molar-refractivity contribution in [3.63, 3.8) is 0 Å². The molecular formula is C16H21FN2. The number of aryl methyl sites for hydroxylation is 1. The van der Waals surface area contributed by atoms with E-state index in [1.165, 1.54) is 19.3 Å². The molecule has 1 aromatic carbocycles. The summed E-state index contributed by atoms with van der Waals surface area (Å²) in [7, 11) is 0. The number of nitrogens with two attached hydrogens (primary N) is 1. The minimum atomic E-state index is -0.154. The number of aromatic amines is 1. The normalized spacial score (nSPS) is 18.9. The molecule has 1 aliphatic carbocycles. The molecule has 1 aromatic heterocycles. The van der Waals surface area contributed by atoms with E-state index in [2.05, 4.69) is 11.1 Å². The molecule has 0 unspecified atom stereocenters. The zero-order chi connectivity index (χ0) is 13.5. The zero-order valence-corrected chi connectivity index (χ0v) is 11.4. The van der Waals surface area contributed by atoms with Crippen LogP contribution < -0.4 is 5.73 Å². The molecule has 1 heterocycles. The Morgan fingerprint density at radius 1 is 1.26 bits per heavy atom. The molecule has 0 atom stereocenters. The lowest BCUT2D eigenvalue weighted by Crippen LogP contribution is -2.37. The largest absolute Gasteiger partial charge is 0.359 e. The fourth-order valence-electron chi connectivity index (χ4n) is 3.47. The van der Waals surface area contributed by atoms with E-state index in [1.807, 2.05) is 13.1 Å². The first-order valence-corrected chi connectivity index (χ1v) is 7.14. The lowest BCUT2D eigenvalue weighted by atomic mass is 9.69. The van der Waals surface area contributed by atoms with Gasteiger partial charge in [0.1, 0.15) is 5.82 Å². The van der Waals surface area contributed by atoms with Crippen LogP contribution in [0.1, 0.15) is 43.2 Å². The quantitative estimate of drug-likeness (QED) is 0.847. The zero-order valence-electron chi connectivity index (χ0n) is 11.4. The van der Waals surface area contributed by atoms with Gasteiger partial charge in [-0.1, -0.05) is 19.3 Å². The van der Waals surface area contributed by atoms with Crippen LogP contribution in [0.15, 0.2) is 18.3 Å². The van der Waals surface area contributed by atoms with E-state index in [9.17, 15) is 4.39 Å². The number of nitrogens with one attached hydrogen (secondary N) is 1. The van der Waals surface area contributed by atoms with Crippen molar-refractivity contribution in [1.29, 1.82) is 0 Å². The summed E-state index contributed by atoms with van der Waals surface area (Å²) >= 11 is 0. The maximum Gasteiger partial charge on any atom is 0.147 e. The molecule has 2 aromatic rings. The van der Waals surface area contributed by atoms with Gasteiger partial charge < -0.3 is 10.7 Å². The number of fused-ring (bicyclic) bond motifs is 1. The predicted molar refractivity (Wildman–Crippen MR) is 76.8 cm³/mol. The van der Waals surface area contributed by atoms with Gasteiger partial charge in [0, 0.05) is 23.5 Å². The fraction of sp³-hybridized carbons (Fsp3) is 0.500. The lowest BCUT2D eigenvalue weighted by molar-refractivity contribution is 0.300. The summed E-state index contributed by atoms with van der Waals surface area (Å²) in [6.45, 7) is 2.62. The number of hydrogen-bond donors (Lipinski definition) is 2. The monoisotopic (exact) mass is 260 g/mol. The fourth-order valence-corrected chi connectivity index (χ4v) is 3.47. The van der Waals surface area contributed by atoms with E-state index in [1.54, 1.807) is 6.07 Å². The Bertz CT molecular complexity index is 594. The average Bonchev–Trinajstić information content (AvgIpc) is 2.82. The van der Waals surface area contributed by atoms with Gasteiger partial charge in [0.15, 0.2) is 0 Å². The highest BCUT2D eigenvalue weighted by atomic mass is 19.1. The molecule has 1 saturated carbocycles. The Balaban J connectivity index is 2.15. The molecule has 0 bridgehead atoms. The number of hydrogen-bond acceptors (Lipinski definition) is 1. The van der Waals surface area contributed by atoms with Crippen molar-refractivity contribution in [2.75, 3.05) is 6.54 Å². The lowest BCUT2D eigenvalue weighted by Gasteiger charge is -2.37. The molecule has 0 amide bonds. The number of benzene rings is 1. The molecule has 1 aliphatic rings. The van der Waals surface area contributed by atoms with Gasteiger partial charge in [0.25, 0.3) is 0 Å². The Morgan fingerprint density at radius 2 is 2.00 bits per heavy atom. The molecule has 19 heavy (non-hydrogen) atoms. The Kier molecular flexibility index (Phi) is 3.09.